The summed E-state index contributed by atoms with van der Waals surface area (Å²) >= 11 is 0. The van der Waals surface area contributed by atoms with Crippen molar-refractivity contribution in [1.82, 2.24) is 15.3 Å². The van der Waals surface area contributed by atoms with E-state index < -0.39 is 11.2 Å². The fourth-order valence-corrected chi connectivity index (χ4v) is 4.84. The van der Waals surface area contributed by atoms with Gasteiger partial charge < -0.3 is 20.1 Å². The van der Waals surface area contributed by atoms with Crippen LogP contribution in [0.15, 0.2) is 66.3 Å². The van der Waals surface area contributed by atoms with Gasteiger partial charge in [0.25, 0.3) is 0 Å². The molecule has 202 valence electrons. The molecule has 9 heteroatoms. The zero-order valence-electron chi connectivity index (χ0n) is 22.4. The number of carbonyl (C=O) groups is 2. The Bertz CT molecular complexity index is 1510. The molecule has 8 nitrogen and oxygen atoms in total. The van der Waals surface area contributed by atoms with Gasteiger partial charge in [-0.3, -0.25) is 9.59 Å². The SMILES string of the molecule is COc1cc2ncnc(OC3=CC=C(NC(=O)C4(C(=O)Nc5ccc(F)cc5)CC4)CC(C)(C)C3)c2cc1C. The average molecular weight is 531 g/mol. The lowest BCUT2D eigenvalue weighted by molar-refractivity contribution is -0.133. The van der Waals surface area contributed by atoms with Crippen LogP contribution >= 0.6 is 0 Å². The van der Waals surface area contributed by atoms with Gasteiger partial charge in [0.2, 0.25) is 17.7 Å². The first kappa shape index (κ1) is 26.3. The van der Waals surface area contributed by atoms with Crippen LogP contribution in [-0.4, -0.2) is 28.9 Å². The number of benzene rings is 2. The molecule has 0 aliphatic heterocycles. The lowest BCUT2D eigenvalue weighted by atomic mass is 9.84. The number of nitrogens with zero attached hydrogens (tertiary/aromatic N) is 2. The van der Waals surface area contributed by atoms with Crippen molar-refractivity contribution < 1.29 is 23.5 Å². The summed E-state index contributed by atoms with van der Waals surface area (Å²) in [5.74, 6) is 0.769. The van der Waals surface area contributed by atoms with Crippen molar-refractivity contribution in [3.05, 3.63) is 77.7 Å². The third-order valence-electron chi connectivity index (χ3n) is 7.13. The van der Waals surface area contributed by atoms with E-state index in [2.05, 4.69) is 34.4 Å². The lowest BCUT2D eigenvalue weighted by Crippen LogP contribution is -2.40. The second-order valence-corrected chi connectivity index (χ2v) is 11.0. The molecule has 1 heterocycles. The zero-order chi connectivity index (χ0) is 27.8. The standard InChI is InChI=1S/C30H31FN4O4/c1-18-13-23-24(14-25(18)38-4)32-17-33-26(23)39-22-10-9-21(15-29(2,3)16-22)35-28(37)30(11-12-30)27(36)34-20-7-5-19(31)6-8-20/h5-10,13-14,17H,11-12,15-16H2,1-4H3,(H,34,36)(H,35,37). The normalized spacial score (nSPS) is 17.4. The van der Waals surface area contributed by atoms with Crippen molar-refractivity contribution in [2.45, 2.75) is 46.5 Å². The molecule has 2 N–H and O–H groups in total. The van der Waals surface area contributed by atoms with Gasteiger partial charge in [-0.15, -0.1) is 0 Å². The van der Waals surface area contributed by atoms with Crippen molar-refractivity contribution in [3.63, 3.8) is 0 Å². The molecule has 1 fully saturated rings. The number of hydrogen-bond acceptors (Lipinski definition) is 6. The van der Waals surface area contributed by atoms with Gasteiger partial charge in [0.05, 0.1) is 18.0 Å². The van der Waals surface area contributed by atoms with E-state index in [0.717, 1.165) is 16.7 Å². The zero-order valence-corrected chi connectivity index (χ0v) is 22.4. The minimum absolute atomic E-state index is 0.240. The minimum Gasteiger partial charge on any atom is -0.496 e. The average Bonchev–Trinajstić information content (AvgIpc) is 3.71. The molecule has 39 heavy (non-hydrogen) atoms. The van der Waals surface area contributed by atoms with Crippen LogP contribution < -0.4 is 20.1 Å². The van der Waals surface area contributed by atoms with Crippen LogP contribution in [0.5, 0.6) is 11.6 Å². The summed E-state index contributed by atoms with van der Waals surface area (Å²) < 4.78 is 24.9. The minimum atomic E-state index is -1.13. The Hall–Kier alpha value is -4.27. The Morgan fingerprint density at radius 2 is 1.69 bits per heavy atom. The van der Waals surface area contributed by atoms with E-state index in [1.807, 2.05) is 31.2 Å². The van der Waals surface area contributed by atoms with Gasteiger partial charge in [-0.1, -0.05) is 13.8 Å². The maximum Gasteiger partial charge on any atom is 0.240 e. The van der Waals surface area contributed by atoms with Crippen LogP contribution in [0.2, 0.25) is 0 Å². The largest absolute Gasteiger partial charge is 0.496 e. The van der Waals surface area contributed by atoms with E-state index in [4.69, 9.17) is 9.47 Å². The van der Waals surface area contributed by atoms with E-state index in [1.54, 1.807) is 7.11 Å². The van der Waals surface area contributed by atoms with Gasteiger partial charge in [0.15, 0.2) is 0 Å². The molecule has 2 amide bonds. The molecule has 2 aliphatic rings. The second kappa shape index (κ2) is 10.1. The number of ether oxygens (including phenoxy) is 2. The van der Waals surface area contributed by atoms with Crippen molar-refractivity contribution in [2.24, 2.45) is 10.8 Å². The van der Waals surface area contributed by atoms with Gasteiger partial charge in [-0.2, -0.15) is 0 Å². The Morgan fingerprint density at radius 1 is 0.974 bits per heavy atom. The highest BCUT2D eigenvalue weighted by molar-refractivity contribution is 6.13. The molecule has 5 rings (SSSR count). The Labute approximate surface area is 226 Å². The van der Waals surface area contributed by atoms with E-state index in [0.29, 0.717) is 54.2 Å². The Morgan fingerprint density at radius 3 is 2.38 bits per heavy atom. The van der Waals surface area contributed by atoms with E-state index in [1.165, 1.54) is 30.6 Å². The molecule has 0 atom stereocenters. The number of amides is 2. The Kier molecular flexibility index (Phi) is 6.84. The number of nitrogens with one attached hydrogen (secondary N) is 2. The summed E-state index contributed by atoms with van der Waals surface area (Å²) in [6, 6.07) is 9.28. The summed E-state index contributed by atoms with van der Waals surface area (Å²) in [6.45, 7) is 6.14. The first-order chi connectivity index (χ1) is 18.6. The van der Waals surface area contributed by atoms with Crippen LogP contribution in [0.3, 0.4) is 0 Å². The summed E-state index contributed by atoms with van der Waals surface area (Å²) in [6.07, 6.45) is 7.23. The molecule has 0 saturated heterocycles. The number of fused-ring (bicyclic) bond motifs is 1. The molecule has 2 aliphatic carbocycles. The highest BCUT2D eigenvalue weighted by Gasteiger charge is 2.56. The highest BCUT2D eigenvalue weighted by atomic mass is 19.1. The third kappa shape index (κ3) is 5.62. The summed E-state index contributed by atoms with van der Waals surface area (Å²) in [5, 5.41) is 6.51. The highest BCUT2D eigenvalue weighted by Crippen LogP contribution is 2.47. The number of aryl methyl sites for hydroxylation is 1. The number of halogens is 1. The monoisotopic (exact) mass is 530 g/mol. The predicted molar refractivity (Wildman–Crippen MR) is 145 cm³/mol. The molecule has 3 aromatic rings. The number of hydrogen-bond donors (Lipinski definition) is 2. The lowest BCUT2D eigenvalue weighted by Gasteiger charge is -2.26. The molecule has 0 bridgehead atoms. The molecule has 1 saturated carbocycles. The van der Waals surface area contributed by atoms with Gasteiger partial charge in [0.1, 0.15) is 29.1 Å². The Balaban J connectivity index is 1.33. The number of carbonyl (C=O) groups excluding carboxylic acids is 2. The smallest absolute Gasteiger partial charge is 0.240 e. The van der Waals surface area contributed by atoms with E-state index in [9.17, 15) is 14.0 Å². The van der Waals surface area contributed by atoms with E-state index >= 15 is 0 Å². The van der Waals surface area contributed by atoms with Crippen LogP contribution in [0.25, 0.3) is 10.9 Å². The summed E-state index contributed by atoms with van der Waals surface area (Å²) in [7, 11) is 1.62. The predicted octanol–water partition coefficient (Wildman–Crippen LogP) is 5.59. The number of aromatic nitrogens is 2. The molecule has 1 aromatic heterocycles. The fraction of sp³-hybridized carbons (Fsp3) is 0.333. The molecule has 0 unspecified atom stereocenters. The number of rotatable bonds is 7. The van der Waals surface area contributed by atoms with Gasteiger partial charge >= 0.3 is 0 Å². The number of allylic oxidation sites excluding steroid dienone is 4. The third-order valence-corrected chi connectivity index (χ3v) is 7.13. The van der Waals surface area contributed by atoms with Crippen LogP contribution in [0.4, 0.5) is 10.1 Å². The van der Waals surface area contributed by atoms with E-state index in [-0.39, 0.29) is 17.2 Å². The van der Waals surface area contributed by atoms with Crippen molar-refractivity contribution in [1.29, 1.82) is 0 Å². The van der Waals surface area contributed by atoms with Crippen LogP contribution in [-0.2, 0) is 9.59 Å². The molecule has 0 radical (unpaired) electrons. The van der Waals surface area contributed by atoms with Crippen molar-refractivity contribution in [2.75, 3.05) is 12.4 Å². The van der Waals surface area contributed by atoms with Crippen molar-refractivity contribution in [3.8, 4) is 11.6 Å². The summed E-state index contributed by atoms with van der Waals surface area (Å²) in [5.41, 5.74) is 1.45. The number of anilines is 1. The van der Waals surface area contributed by atoms with Gasteiger partial charge in [-0.25, -0.2) is 14.4 Å². The molecule has 0 spiro atoms. The topological polar surface area (TPSA) is 102 Å². The maximum atomic E-state index is 13.3. The molecular weight excluding hydrogens is 499 g/mol. The van der Waals surface area contributed by atoms with Gasteiger partial charge in [-0.05, 0) is 79.6 Å². The van der Waals surface area contributed by atoms with Gasteiger partial charge in [0, 0.05) is 23.9 Å². The summed E-state index contributed by atoms with van der Waals surface area (Å²) in [4.78, 5) is 34.9. The van der Waals surface area contributed by atoms with Crippen LogP contribution in [0, 0.1) is 23.6 Å². The number of methoxy groups -OCH3 is 1. The maximum absolute atomic E-state index is 13.3. The first-order valence-corrected chi connectivity index (χ1v) is 12.8. The quantitative estimate of drug-likeness (QED) is 0.386. The van der Waals surface area contributed by atoms with Crippen molar-refractivity contribution >= 4 is 28.4 Å². The second-order valence-electron chi connectivity index (χ2n) is 11.0. The first-order valence-electron chi connectivity index (χ1n) is 12.8. The fourth-order valence-electron chi connectivity index (χ4n) is 4.84. The molecular formula is C30H31FN4O4. The molecule has 2 aromatic carbocycles. The van der Waals surface area contributed by atoms with Crippen LogP contribution in [0.1, 0.15) is 45.1 Å².